The number of rotatable bonds is 1. The average molecular weight is 316 g/mol. The minimum atomic E-state index is -2.09. The van der Waals surface area contributed by atoms with Gasteiger partial charge in [0.1, 0.15) is 5.76 Å². The largest absolute Gasteiger partial charge is 0.496 e. The van der Waals surface area contributed by atoms with Gasteiger partial charge in [0.05, 0.1) is 13.2 Å². The molecule has 1 saturated carbocycles. The Balaban J connectivity index is 1.90. The van der Waals surface area contributed by atoms with Crippen molar-refractivity contribution >= 4 is 17.7 Å². The number of nitrogens with zero attached hydrogens (tertiary/aromatic N) is 2. The van der Waals surface area contributed by atoms with E-state index in [9.17, 15) is 9.59 Å². The van der Waals surface area contributed by atoms with Crippen molar-refractivity contribution in [1.82, 2.24) is 9.80 Å². The summed E-state index contributed by atoms with van der Waals surface area (Å²) < 4.78 is 21.2. The van der Waals surface area contributed by atoms with E-state index in [4.69, 9.17) is 4.74 Å². The normalized spacial score (nSPS) is 35.0. The Morgan fingerprint density at radius 2 is 1.91 bits per heavy atom. The molecule has 4 rings (SSSR count). The number of halogens is 1. The number of fused-ring (bicyclic) bond motifs is 6. The molecule has 6 heteroatoms. The van der Waals surface area contributed by atoms with Crippen LogP contribution in [0.1, 0.15) is 17.0 Å². The molecule has 3 amide bonds. The molecule has 4 unspecified atom stereocenters. The lowest BCUT2D eigenvalue weighted by Crippen LogP contribution is -2.79. The zero-order valence-corrected chi connectivity index (χ0v) is 13.1. The van der Waals surface area contributed by atoms with Crippen LogP contribution in [0.15, 0.2) is 30.3 Å². The number of hydrogen-bond donors (Lipinski definition) is 0. The number of urea groups is 1. The molecule has 2 aliphatic carbocycles. The fraction of sp³-hybridized carbons (Fsp3) is 0.412. The molecular weight excluding hydrogens is 299 g/mol. The van der Waals surface area contributed by atoms with Crippen molar-refractivity contribution in [2.75, 3.05) is 21.2 Å². The SMILES string of the molecule is COC1=CC2C(c3ccccc31)C1(F)C(=O)N(C)C(=O)N(C)C21. The number of imide groups is 1. The number of ether oxygens (including phenoxy) is 1. The summed E-state index contributed by atoms with van der Waals surface area (Å²) in [5.74, 6) is -0.948. The monoisotopic (exact) mass is 316 g/mol. The molecule has 1 aromatic carbocycles. The van der Waals surface area contributed by atoms with Gasteiger partial charge in [0.2, 0.25) is 5.67 Å². The van der Waals surface area contributed by atoms with Crippen LogP contribution in [0.25, 0.3) is 5.76 Å². The Kier molecular flexibility index (Phi) is 2.69. The van der Waals surface area contributed by atoms with E-state index in [0.717, 1.165) is 16.0 Å². The first-order valence-corrected chi connectivity index (χ1v) is 7.52. The first kappa shape index (κ1) is 14.2. The molecule has 0 spiro atoms. The van der Waals surface area contributed by atoms with Crippen LogP contribution in [0.3, 0.4) is 0 Å². The van der Waals surface area contributed by atoms with Gasteiger partial charge in [0.15, 0.2) is 0 Å². The molecule has 3 aliphatic rings. The molecule has 5 nitrogen and oxygen atoms in total. The number of alkyl halides is 1. The number of amides is 3. The van der Waals surface area contributed by atoms with Crippen molar-refractivity contribution < 1.29 is 18.7 Å². The molecule has 120 valence electrons. The quantitative estimate of drug-likeness (QED) is 0.796. The predicted molar refractivity (Wildman–Crippen MR) is 81.2 cm³/mol. The molecule has 0 N–H and O–H groups in total. The van der Waals surface area contributed by atoms with Crippen molar-refractivity contribution in [3.63, 3.8) is 0 Å². The lowest BCUT2D eigenvalue weighted by atomic mass is 9.52. The van der Waals surface area contributed by atoms with Crippen molar-refractivity contribution in [1.29, 1.82) is 0 Å². The molecule has 1 aliphatic heterocycles. The fourth-order valence-corrected chi connectivity index (χ4v) is 4.36. The van der Waals surface area contributed by atoms with Gasteiger partial charge >= 0.3 is 6.03 Å². The highest BCUT2D eigenvalue weighted by Crippen LogP contribution is 2.61. The number of carbonyl (C=O) groups is 2. The second-order valence-corrected chi connectivity index (χ2v) is 6.35. The highest BCUT2D eigenvalue weighted by Gasteiger charge is 2.73. The van der Waals surface area contributed by atoms with E-state index in [1.807, 2.05) is 30.3 Å². The zero-order chi connectivity index (χ0) is 16.5. The number of benzene rings is 1. The third-order valence-electron chi connectivity index (χ3n) is 5.40. The average Bonchev–Trinajstić information content (AvgIpc) is 2.56. The standard InChI is InChI=1S/C17H17FN2O3/c1-19-14-11-8-12(23-3)9-6-4-5-7-10(9)13(11)17(14,18)15(21)20(2)16(19)22/h4-8,11,13-14H,1-3H3. The van der Waals surface area contributed by atoms with Crippen LogP contribution in [0.5, 0.6) is 0 Å². The predicted octanol–water partition coefficient (Wildman–Crippen LogP) is 2.00. The topological polar surface area (TPSA) is 49.9 Å². The molecule has 2 fully saturated rings. The van der Waals surface area contributed by atoms with Gasteiger partial charge < -0.3 is 9.64 Å². The summed E-state index contributed by atoms with van der Waals surface area (Å²) in [4.78, 5) is 26.9. The summed E-state index contributed by atoms with van der Waals surface area (Å²) in [7, 11) is 4.44. The van der Waals surface area contributed by atoms with Gasteiger partial charge in [-0.15, -0.1) is 0 Å². The van der Waals surface area contributed by atoms with Gasteiger partial charge in [-0.25, -0.2) is 9.18 Å². The summed E-state index contributed by atoms with van der Waals surface area (Å²) >= 11 is 0. The first-order chi connectivity index (χ1) is 10.9. The van der Waals surface area contributed by atoms with Crippen LogP contribution < -0.4 is 0 Å². The van der Waals surface area contributed by atoms with E-state index >= 15 is 4.39 Å². The highest BCUT2D eigenvalue weighted by atomic mass is 19.1. The maximum Gasteiger partial charge on any atom is 0.326 e. The number of hydrogen-bond acceptors (Lipinski definition) is 3. The Morgan fingerprint density at radius 3 is 2.61 bits per heavy atom. The van der Waals surface area contributed by atoms with E-state index < -0.39 is 29.6 Å². The Morgan fingerprint density at radius 1 is 1.22 bits per heavy atom. The smallest absolute Gasteiger partial charge is 0.326 e. The minimum Gasteiger partial charge on any atom is -0.496 e. The van der Waals surface area contributed by atoms with Gasteiger partial charge in [-0.1, -0.05) is 24.3 Å². The van der Waals surface area contributed by atoms with Crippen LogP contribution in [0.2, 0.25) is 0 Å². The van der Waals surface area contributed by atoms with E-state index in [0.29, 0.717) is 5.76 Å². The molecule has 1 heterocycles. The lowest BCUT2D eigenvalue weighted by molar-refractivity contribution is -0.173. The third kappa shape index (κ3) is 1.46. The second-order valence-electron chi connectivity index (χ2n) is 6.35. The van der Waals surface area contributed by atoms with Gasteiger partial charge in [-0.2, -0.15) is 0 Å². The summed E-state index contributed by atoms with van der Waals surface area (Å²) in [5.41, 5.74) is -0.518. The van der Waals surface area contributed by atoms with Crippen molar-refractivity contribution in [3.8, 4) is 0 Å². The van der Waals surface area contributed by atoms with Gasteiger partial charge in [-0.3, -0.25) is 9.69 Å². The fourth-order valence-electron chi connectivity index (χ4n) is 4.36. The van der Waals surface area contributed by atoms with Crippen LogP contribution in [0, 0.1) is 5.92 Å². The molecule has 1 saturated heterocycles. The second kappa shape index (κ2) is 4.34. The molecule has 0 radical (unpaired) electrons. The molecule has 4 atom stereocenters. The van der Waals surface area contributed by atoms with Crippen molar-refractivity contribution in [2.45, 2.75) is 17.6 Å². The van der Waals surface area contributed by atoms with Crippen molar-refractivity contribution in [3.05, 3.63) is 41.5 Å². The Hall–Kier alpha value is -2.37. The number of carbonyl (C=O) groups excluding carboxylic acids is 2. The first-order valence-electron chi connectivity index (χ1n) is 7.52. The van der Waals surface area contributed by atoms with Crippen LogP contribution in [-0.4, -0.2) is 54.7 Å². The third-order valence-corrected chi connectivity index (χ3v) is 5.40. The van der Waals surface area contributed by atoms with E-state index in [-0.39, 0.29) is 5.92 Å². The number of methoxy groups -OCH3 is 1. The summed E-state index contributed by atoms with van der Waals surface area (Å²) in [6.45, 7) is 0. The van der Waals surface area contributed by atoms with Gasteiger partial charge in [0.25, 0.3) is 5.91 Å². The van der Waals surface area contributed by atoms with Gasteiger partial charge in [-0.05, 0) is 11.6 Å². The maximum atomic E-state index is 15.8. The molecule has 23 heavy (non-hydrogen) atoms. The Labute approximate surface area is 133 Å². The van der Waals surface area contributed by atoms with Crippen LogP contribution in [0.4, 0.5) is 9.18 Å². The van der Waals surface area contributed by atoms with Crippen LogP contribution in [-0.2, 0) is 9.53 Å². The van der Waals surface area contributed by atoms with E-state index in [2.05, 4.69) is 0 Å². The summed E-state index contributed by atoms with van der Waals surface area (Å²) in [6.07, 6.45) is 1.85. The van der Waals surface area contributed by atoms with Gasteiger partial charge in [0, 0.05) is 31.5 Å². The van der Waals surface area contributed by atoms with E-state index in [1.165, 1.54) is 11.9 Å². The van der Waals surface area contributed by atoms with E-state index in [1.54, 1.807) is 14.2 Å². The molecule has 0 aromatic heterocycles. The summed E-state index contributed by atoms with van der Waals surface area (Å²) in [6, 6.07) is 6.12. The maximum absolute atomic E-state index is 15.8. The zero-order valence-electron chi connectivity index (χ0n) is 13.1. The summed E-state index contributed by atoms with van der Waals surface area (Å²) in [5, 5.41) is 0. The minimum absolute atomic E-state index is 0.267. The van der Waals surface area contributed by atoms with Crippen LogP contribution >= 0.6 is 0 Å². The van der Waals surface area contributed by atoms with Crippen molar-refractivity contribution in [2.24, 2.45) is 5.92 Å². The highest BCUT2D eigenvalue weighted by molar-refractivity contribution is 6.04. The molecule has 0 bridgehead atoms. The Bertz CT molecular complexity index is 762. The molecule has 1 aromatic rings. The lowest BCUT2D eigenvalue weighted by Gasteiger charge is -2.61. The molecular formula is C17H17FN2O3.